The van der Waals surface area contributed by atoms with E-state index in [1.165, 1.54) is 0 Å². The molecule has 0 bridgehead atoms. The molecule has 0 aliphatic heterocycles. The van der Waals surface area contributed by atoms with Gasteiger partial charge in [-0.05, 0) is 87.3 Å². The van der Waals surface area contributed by atoms with Crippen LogP contribution in [-0.2, 0) is 41.4 Å². The van der Waals surface area contributed by atoms with E-state index in [1.807, 2.05) is 24.3 Å². The van der Waals surface area contributed by atoms with Crippen molar-refractivity contribution in [2.24, 2.45) is 5.92 Å². The lowest BCUT2D eigenvalue weighted by molar-refractivity contribution is -0.139. The van der Waals surface area contributed by atoms with Crippen LogP contribution < -0.4 is 0 Å². The van der Waals surface area contributed by atoms with E-state index in [9.17, 15) is 19.2 Å². The minimum atomic E-state index is -0.412. The average molecular weight is 577 g/mol. The zero-order chi connectivity index (χ0) is 30.5. The van der Waals surface area contributed by atoms with Gasteiger partial charge in [-0.2, -0.15) is 0 Å². The first kappa shape index (κ1) is 32.3. The third-order valence-corrected chi connectivity index (χ3v) is 7.15. The minimum absolute atomic E-state index is 0.125. The maximum Gasteiger partial charge on any atom is 0.338 e. The zero-order valence-electron chi connectivity index (χ0n) is 24.5. The van der Waals surface area contributed by atoms with Crippen LogP contribution in [0.5, 0.6) is 0 Å². The molecule has 1 fully saturated rings. The number of hydrogen-bond donors (Lipinski definition) is 0. The molecular weight excluding hydrogens is 536 g/mol. The summed E-state index contributed by atoms with van der Waals surface area (Å²) in [6.07, 6.45) is 5.11. The molecule has 8 nitrogen and oxygen atoms in total. The van der Waals surface area contributed by atoms with E-state index in [4.69, 9.17) is 18.9 Å². The van der Waals surface area contributed by atoms with Crippen LogP contribution in [-0.4, -0.2) is 49.8 Å². The van der Waals surface area contributed by atoms with E-state index in [2.05, 4.69) is 13.2 Å². The minimum Gasteiger partial charge on any atom is -0.462 e. The third-order valence-electron chi connectivity index (χ3n) is 7.15. The summed E-state index contributed by atoms with van der Waals surface area (Å²) in [6.45, 7) is 11.2. The molecule has 0 spiro atoms. The maximum atomic E-state index is 12.6. The lowest BCUT2D eigenvalue weighted by atomic mass is 9.85. The molecule has 0 radical (unpaired) electrons. The fraction of sp³-hybridized carbons (Fsp3) is 0.412. The second-order valence-electron chi connectivity index (χ2n) is 10.7. The molecule has 224 valence electrons. The van der Waals surface area contributed by atoms with Gasteiger partial charge in [-0.15, -0.1) is 0 Å². The highest BCUT2D eigenvalue weighted by Gasteiger charge is 2.24. The molecule has 1 aliphatic rings. The molecule has 2 aromatic rings. The highest BCUT2D eigenvalue weighted by Crippen LogP contribution is 2.29. The van der Waals surface area contributed by atoms with Gasteiger partial charge in [-0.25, -0.2) is 19.2 Å². The Morgan fingerprint density at radius 1 is 0.643 bits per heavy atom. The first-order valence-electron chi connectivity index (χ1n) is 14.3. The first-order chi connectivity index (χ1) is 20.1. The zero-order valence-corrected chi connectivity index (χ0v) is 24.5. The van der Waals surface area contributed by atoms with Gasteiger partial charge in [0.05, 0.1) is 30.9 Å². The summed E-state index contributed by atoms with van der Waals surface area (Å²) in [4.78, 5) is 47.9. The molecular formula is C34H40O8. The van der Waals surface area contributed by atoms with Crippen molar-refractivity contribution in [3.05, 3.63) is 95.1 Å². The lowest BCUT2D eigenvalue weighted by Crippen LogP contribution is -2.25. The molecule has 0 aromatic heterocycles. The summed E-state index contributed by atoms with van der Waals surface area (Å²) in [5, 5.41) is 0. The molecule has 0 amide bonds. The third kappa shape index (κ3) is 10.7. The topological polar surface area (TPSA) is 105 Å². The largest absolute Gasteiger partial charge is 0.462 e. The molecule has 3 rings (SSSR count). The molecule has 0 unspecified atom stereocenters. The van der Waals surface area contributed by atoms with Crippen molar-refractivity contribution >= 4 is 23.9 Å². The quantitative estimate of drug-likeness (QED) is 0.154. The van der Waals surface area contributed by atoms with Crippen LogP contribution in [0.3, 0.4) is 0 Å². The monoisotopic (exact) mass is 576 g/mol. The van der Waals surface area contributed by atoms with Gasteiger partial charge in [0.2, 0.25) is 0 Å². The standard InChI is InChI=1S/C34H40O8/c1-23(2)31(35)39-20-17-25-5-11-28(12-6-25)33(37)41-22-19-27-9-15-30(16-10-27)42-34(38)29-13-7-26(8-14-29)18-21-40-32(36)24(3)4/h5-8,11-14,27,30H,1,3,9-10,15-22H2,2,4H3. The van der Waals surface area contributed by atoms with E-state index >= 15 is 0 Å². The van der Waals surface area contributed by atoms with Crippen molar-refractivity contribution < 1.29 is 38.1 Å². The van der Waals surface area contributed by atoms with E-state index in [0.717, 1.165) is 43.2 Å². The van der Waals surface area contributed by atoms with Gasteiger partial charge < -0.3 is 18.9 Å². The molecule has 1 aliphatic carbocycles. The van der Waals surface area contributed by atoms with Gasteiger partial charge in [0.1, 0.15) is 6.10 Å². The van der Waals surface area contributed by atoms with Crippen LogP contribution in [0, 0.1) is 5.92 Å². The molecule has 8 heteroatoms. The summed E-state index contributed by atoms with van der Waals surface area (Å²) in [5.41, 5.74) is 3.61. The number of benzene rings is 2. The fourth-order valence-corrected chi connectivity index (χ4v) is 4.54. The van der Waals surface area contributed by atoms with E-state index in [1.54, 1.807) is 38.1 Å². The van der Waals surface area contributed by atoms with Gasteiger partial charge in [0.25, 0.3) is 0 Å². The second kappa shape index (κ2) is 16.3. The lowest BCUT2D eigenvalue weighted by Gasteiger charge is -2.28. The highest BCUT2D eigenvalue weighted by molar-refractivity contribution is 5.90. The van der Waals surface area contributed by atoms with Gasteiger partial charge in [0.15, 0.2) is 0 Å². The summed E-state index contributed by atoms with van der Waals surface area (Å²) >= 11 is 0. The van der Waals surface area contributed by atoms with Crippen LogP contribution in [0.25, 0.3) is 0 Å². The molecule has 42 heavy (non-hydrogen) atoms. The Morgan fingerprint density at radius 3 is 1.55 bits per heavy atom. The predicted molar refractivity (Wildman–Crippen MR) is 158 cm³/mol. The summed E-state index contributed by atoms with van der Waals surface area (Å²) in [7, 11) is 0. The van der Waals surface area contributed by atoms with Crippen molar-refractivity contribution in [3.8, 4) is 0 Å². The molecule has 0 N–H and O–H groups in total. The number of rotatable bonds is 14. The Kier molecular flexibility index (Phi) is 12.5. The average Bonchev–Trinajstić information content (AvgIpc) is 2.98. The van der Waals surface area contributed by atoms with Crippen molar-refractivity contribution in [2.45, 2.75) is 64.9 Å². The fourth-order valence-electron chi connectivity index (χ4n) is 4.54. The molecule has 2 aromatic carbocycles. The van der Waals surface area contributed by atoms with Crippen LogP contribution in [0.4, 0.5) is 0 Å². The normalized spacial score (nSPS) is 16.1. The number of ether oxygens (including phenoxy) is 4. The van der Waals surface area contributed by atoms with Crippen LogP contribution in [0.1, 0.15) is 77.8 Å². The van der Waals surface area contributed by atoms with Gasteiger partial charge >= 0.3 is 23.9 Å². The van der Waals surface area contributed by atoms with Crippen molar-refractivity contribution in [1.82, 2.24) is 0 Å². The van der Waals surface area contributed by atoms with E-state index in [-0.39, 0.29) is 31.3 Å². The smallest absolute Gasteiger partial charge is 0.338 e. The molecule has 0 heterocycles. The van der Waals surface area contributed by atoms with Crippen molar-refractivity contribution in [2.75, 3.05) is 19.8 Å². The Morgan fingerprint density at radius 2 is 1.10 bits per heavy atom. The van der Waals surface area contributed by atoms with Gasteiger partial charge in [-0.1, -0.05) is 37.4 Å². The van der Waals surface area contributed by atoms with Crippen LogP contribution >= 0.6 is 0 Å². The number of hydrogen-bond acceptors (Lipinski definition) is 8. The Bertz CT molecular complexity index is 1250. The van der Waals surface area contributed by atoms with Crippen molar-refractivity contribution in [1.29, 1.82) is 0 Å². The van der Waals surface area contributed by atoms with Crippen LogP contribution in [0.2, 0.25) is 0 Å². The molecule has 0 saturated heterocycles. The first-order valence-corrected chi connectivity index (χ1v) is 14.3. The summed E-state index contributed by atoms with van der Waals surface area (Å²) < 4.78 is 21.4. The van der Waals surface area contributed by atoms with Gasteiger partial charge in [0, 0.05) is 24.0 Å². The predicted octanol–water partition coefficient (Wildman–Crippen LogP) is 5.97. The number of esters is 4. The van der Waals surface area contributed by atoms with Gasteiger partial charge in [-0.3, -0.25) is 0 Å². The van der Waals surface area contributed by atoms with E-state index < -0.39 is 11.9 Å². The number of carbonyl (C=O) groups is 4. The second-order valence-corrected chi connectivity index (χ2v) is 10.7. The van der Waals surface area contributed by atoms with Crippen molar-refractivity contribution in [3.63, 3.8) is 0 Å². The Labute approximate surface area is 247 Å². The number of carbonyl (C=O) groups excluding carboxylic acids is 4. The summed E-state index contributed by atoms with van der Waals surface area (Å²) in [6, 6.07) is 14.2. The van der Waals surface area contributed by atoms with E-state index in [0.29, 0.717) is 47.6 Å². The SMILES string of the molecule is C=C(C)C(=O)OCCc1ccc(C(=O)OCCC2CCC(OC(=O)c3ccc(CCOC(=O)C(=C)C)cc3)CC2)cc1. The summed E-state index contributed by atoms with van der Waals surface area (Å²) in [5.74, 6) is -1.12. The molecule has 1 saturated carbocycles. The Balaban J connectivity index is 1.31. The van der Waals surface area contributed by atoms with Crippen LogP contribution in [0.15, 0.2) is 72.8 Å². The highest BCUT2D eigenvalue weighted by atomic mass is 16.5. The maximum absolute atomic E-state index is 12.6. The molecule has 0 atom stereocenters. The Hall–Kier alpha value is -4.20.